The number of H-pyrrole nitrogens is 1. The fraction of sp³-hybridized carbons (Fsp3) is 0.250. The fourth-order valence-corrected chi connectivity index (χ4v) is 4.68. The number of hydrogen-bond donors (Lipinski definition) is 1. The van der Waals surface area contributed by atoms with E-state index in [1.165, 1.54) is 10.5 Å². The van der Waals surface area contributed by atoms with Crippen molar-refractivity contribution in [3.63, 3.8) is 0 Å². The number of thioether (sulfide) groups is 2. The van der Waals surface area contributed by atoms with Gasteiger partial charge >= 0.3 is 0 Å². The molecule has 0 spiro atoms. The van der Waals surface area contributed by atoms with E-state index in [1.54, 1.807) is 23.5 Å². The SMILES string of the molecule is Cc1cnc(CSc2nc3ccccc3[nH]2)cc1SCCOCCOc1ccccc1. The summed E-state index contributed by atoms with van der Waals surface area (Å²) in [5.41, 5.74) is 4.30. The highest BCUT2D eigenvalue weighted by molar-refractivity contribution is 7.99. The number of para-hydroxylation sites is 3. The van der Waals surface area contributed by atoms with Gasteiger partial charge in [-0.05, 0) is 42.8 Å². The molecule has 0 bridgehead atoms. The number of aromatic amines is 1. The van der Waals surface area contributed by atoms with Crippen molar-refractivity contribution < 1.29 is 9.47 Å². The summed E-state index contributed by atoms with van der Waals surface area (Å²) in [7, 11) is 0. The predicted molar refractivity (Wildman–Crippen MR) is 128 cm³/mol. The summed E-state index contributed by atoms with van der Waals surface area (Å²) in [6, 6.07) is 20.1. The summed E-state index contributed by atoms with van der Waals surface area (Å²) in [4.78, 5) is 13.8. The van der Waals surface area contributed by atoms with E-state index in [-0.39, 0.29) is 0 Å². The van der Waals surface area contributed by atoms with E-state index in [0.29, 0.717) is 19.8 Å². The number of benzene rings is 2. The average Bonchev–Trinajstić information content (AvgIpc) is 3.22. The molecule has 2 aromatic heterocycles. The van der Waals surface area contributed by atoms with Crippen LogP contribution < -0.4 is 4.74 Å². The molecule has 1 N–H and O–H groups in total. The Bertz CT molecular complexity index is 1070. The Kier molecular flexibility index (Phi) is 7.87. The Morgan fingerprint density at radius 2 is 1.77 bits per heavy atom. The minimum Gasteiger partial charge on any atom is -0.491 e. The van der Waals surface area contributed by atoms with Gasteiger partial charge < -0.3 is 14.5 Å². The van der Waals surface area contributed by atoms with Gasteiger partial charge in [-0.25, -0.2) is 4.98 Å². The molecule has 0 saturated carbocycles. The molecule has 0 amide bonds. The summed E-state index contributed by atoms with van der Waals surface area (Å²) in [5, 5.41) is 0.920. The Morgan fingerprint density at radius 3 is 2.65 bits per heavy atom. The minimum absolute atomic E-state index is 0.562. The van der Waals surface area contributed by atoms with E-state index in [1.807, 2.05) is 60.8 Å². The Hall–Kier alpha value is -2.48. The van der Waals surface area contributed by atoms with Crippen LogP contribution in [0.5, 0.6) is 5.75 Å². The minimum atomic E-state index is 0.562. The van der Waals surface area contributed by atoms with Crippen LogP contribution in [0, 0.1) is 6.92 Å². The first-order valence-corrected chi connectivity index (χ1v) is 12.2. The molecule has 0 aliphatic heterocycles. The van der Waals surface area contributed by atoms with Crippen LogP contribution in [-0.2, 0) is 10.5 Å². The van der Waals surface area contributed by atoms with Crippen molar-refractivity contribution in [3.05, 3.63) is 78.1 Å². The van der Waals surface area contributed by atoms with Crippen molar-refractivity contribution in [2.45, 2.75) is 22.7 Å². The third kappa shape index (κ3) is 6.50. The lowest BCUT2D eigenvalue weighted by atomic mass is 10.3. The van der Waals surface area contributed by atoms with Gasteiger partial charge in [0.2, 0.25) is 0 Å². The van der Waals surface area contributed by atoms with E-state index in [0.717, 1.165) is 39.1 Å². The van der Waals surface area contributed by atoms with Crippen LogP contribution in [0.1, 0.15) is 11.3 Å². The van der Waals surface area contributed by atoms with Gasteiger partial charge in [0, 0.05) is 22.6 Å². The molecule has 0 atom stereocenters. The molecule has 4 rings (SSSR count). The number of fused-ring (bicyclic) bond motifs is 1. The third-order valence-corrected chi connectivity index (χ3v) is 6.59. The number of pyridine rings is 1. The maximum absolute atomic E-state index is 5.70. The Balaban J connectivity index is 1.19. The van der Waals surface area contributed by atoms with E-state index >= 15 is 0 Å². The molecular weight excluding hydrogens is 426 g/mol. The molecule has 0 radical (unpaired) electrons. The van der Waals surface area contributed by atoms with Crippen LogP contribution in [0.3, 0.4) is 0 Å². The van der Waals surface area contributed by atoms with E-state index in [4.69, 9.17) is 9.47 Å². The van der Waals surface area contributed by atoms with Gasteiger partial charge in [0.05, 0.1) is 29.9 Å². The van der Waals surface area contributed by atoms with Crippen molar-refractivity contribution in [2.24, 2.45) is 0 Å². The smallest absolute Gasteiger partial charge is 0.166 e. The van der Waals surface area contributed by atoms with Crippen molar-refractivity contribution in [1.82, 2.24) is 15.0 Å². The van der Waals surface area contributed by atoms with Crippen molar-refractivity contribution in [1.29, 1.82) is 0 Å². The van der Waals surface area contributed by atoms with Crippen molar-refractivity contribution in [3.8, 4) is 5.75 Å². The zero-order chi connectivity index (χ0) is 21.3. The molecule has 31 heavy (non-hydrogen) atoms. The average molecular weight is 452 g/mol. The fourth-order valence-electron chi connectivity index (χ4n) is 2.97. The van der Waals surface area contributed by atoms with Gasteiger partial charge in [-0.2, -0.15) is 0 Å². The number of aryl methyl sites for hydroxylation is 1. The standard InChI is InChI=1S/C24H25N3O2S2/c1-18-16-25-19(17-31-24-26-21-9-5-6-10-22(21)27-24)15-23(18)30-14-13-28-11-12-29-20-7-3-2-4-8-20/h2-10,15-16H,11-14,17H2,1H3,(H,26,27). The lowest BCUT2D eigenvalue weighted by molar-refractivity contribution is 0.112. The molecule has 0 unspecified atom stereocenters. The van der Waals surface area contributed by atoms with Crippen LogP contribution >= 0.6 is 23.5 Å². The van der Waals surface area contributed by atoms with E-state index in [2.05, 4.69) is 27.9 Å². The van der Waals surface area contributed by atoms with E-state index < -0.39 is 0 Å². The zero-order valence-electron chi connectivity index (χ0n) is 17.4. The van der Waals surface area contributed by atoms with Gasteiger partial charge in [0.15, 0.2) is 5.16 Å². The second-order valence-corrected chi connectivity index (χ2v) is 9.01. The first-order valence-electron chi connectivity index (χ1n) is 10.2. The highest BCUT2D eigenvalue weighted by Crippen LogP contribution is 2.26. The van der Waals surface area contributed by atoms with Gasteiger partial charge in [-0.3, -0.25) is 4.98 Å². The quantitative estimate of drug-likeness (QED) is 0.232. The molecule has 2 aromatic carbocycles. The third-order valence-electron chi connectivity index (χ3n) is 4.56. The Labute approximate surface area is 191 Å². The topological polar surface area (TPSA) is 60.0 Å². The maximum atomic E-state index is 5.70. The van der Waals surface area contributed by atoms with Crippen LogP contribution in [0.15, 0.2) is 76.9 Å². The van der Waals surface area contributed by atoms with Gasteiger partial charge in [0.1, 0.15) is 12.4 Å². The van der Waals surface area contributed by atoms with Gasteiger partial charge in [-0.1, -0.05) is 42.1 Å². The second-order valence-electron chi connectivity index (χ2n) is 6.91. The lowest BCUT2D eigenvalue weighted by Crippen LogP contribution is -2.08. The number of hydrogen-bond acceptors (Lipinski definition) is 6. The number of rotatable bonds is 11. The largest absolute Gasteiger partial charge is 0.491 e. The second kappa shape index (κ2) is 11.2. The molecule has 0 fully saturated rings. The molecular formula is C24H25N3O2S2. The summed E-state index contributed by atoms with van der Waals surface area (Å²) in [5.74, 6) is 2.55. The number of nitrogens with one attached hydrogen (secondary N) is 1. The van der Waals surface area contributed by atoms with Crippen LogP contribution in [-0.4, -0.2) is 40.5 Å². The maximum Gasteiger partial charge on any atom is 0.166 e. The molecule has 2 heterocycles. The van der Waals surface area contributed by atoms with Crippen molar-refractivity contribution in [2.75, 3.05) is 25.6 Å². The molecule has 5 nitrogen and oxygen atoms in total. The zero-order valence-corrected chi connectivity index (χ0v) is 19.0. The lowest BCUT2D eigenvalue weighted by Gasteiger charge is -2.09. The first kappa shape index (κ1) is 21.7. The predicted octanol–water partition coefficient (Wildman–Crippen LogP) is 5.75. The van der Waals surface area contributed by atoms with Gasteiger partial charge in [0.25, 0.3) is 0 Å². The monoisotopic (exact) mass is 451 g/mol. The number of ether oxygens (including phenoxy) is 2. The summed E-state index contributed by atoms with van der Waals surface area (Å²) >= 11 is 3.47. The molecule has 160 valence electrons. The number of nitrogens with zero attached hydrogens (tertiary/aromatic N) is 2. The highest BCUT2D eigenvalue weighted by atomic mass is 32.2. The normalized spacial score (nSPS) is 11.1. The summed E-state index contributed by atoms with van der Waals surface area (Å²) in [6.45, 7) is 3.93. The van der Waals surface area contributed by atoms with Crippen LogP contribution in [0.25, 0.3) is 11.0 Å². The van der Waals surface area contributed by atoms with Crippen molar-refractivity contribution >= 4 is 34.6 Å². The van der Waals surface area contributed by atoms with Crippen LogP contribution in [0.4, 0.5) is 0 Å². The highest BCUT2D eigenvalue weighted by Gasteiger charge is 2.07. The summed E-state index contributed by atoms with van der Waals surface area (Å²) < 4.78 is 11.3. The van der Waals surface area contributed by atoms with E-state index in [9.17, 15) is 0 Å². The Morgan fingerprint density at radius 1 is 0.935 bits per heavy atom. The number of imidazole rings is 1. The first-order chi connectivity index (χ1) is 15.3. The van der Waals surface area contributed by atoms with Crippen LogP contribution in [0.2, 0.25) is 0 Å². The van der Waals surface area contributed by atoms with Gasteiger partial charge in [-0.15, -0.1) is 11.8 Å². The summed E-state index contributed by atoms with van der Waals surface area (Å²) in [6.07, 6.45) is 1.95. The molecule has 7 heteroatoms. The molecule has 0 aliphatic carbocycles. The molecule has 0 aliphatic rings. The molecule has 4 aromatic rings. The number of aromatic nitrogens is 3. The molecule has 0 saturated heterocycles.